The molecular formula is C30H30Cl3NO7. The minimum Gasteiger partial charge on any atom is -0.467 e. The van der Waals surface area contributed by atoms with Gasteiger partial charge in [-0.2, -0.15) is 0 Å². The molecule has 41 heavy (non-hydrogen) atoms. The molecule has 0 aromatic heterocycles. The summed E-state index contributed by atoms with van der Waals surface area (Å²) in [7, 11) is 1.23. The highest BCUT2D eigenvalue weighted by molar-refractivity contribution is 6.76. The number of alkyl halides is 3. The van der Waals surface area contributed by atoms with Crippen LogP contribution in [0.4, 0.5) is 0 Å². The van der Waals surface area contributed by atoms with Gasteiger partial charge in [-0.3, -0.25) is 5.41 Å². The first-order chi connectivity index (χ1) is 19.8. The van der Waals surface area contributed by atoms with E-state index in [4.69, 9.17) is 68.6 Å². The first-order valence-corrected chi connectivity index (χ1v) is 13.9. The third-order valence-electron chi connectivity index (χ3n) is 6.28. The molecule has 1 aliphatic rings. The van der Waals surface area contributed by atoms with Crippen LogP contribution in [0.25, 0.3) is 0 Å². The van der Waals surface area contributed by atoms with Gasteiger partial charge < -0.3 is 28.4 Å². The molecule has 1 saturated heterocycles. The van der Waals surface area contributed by atoms with E-state index in [1.54, 1.807) is 0 Å². The van der Waals surface area contributed by atoms with Crippen molar-refractivity contribution in [2.75, 3.05) is 7.11 Å². The van der Waals surface area contributed by atoms with Crippen LogP contribution in [0.2, 0.25) is 0 Å². The summed E-state index contributed by atoms with van der Waals surface area (Å²) in [4.78, 5) is 13.0. The number of hydrogen-bond acceptors (Lipinski definition) is 8. The van der Waals surface area contributed by atoms with E-state index >= 15 is 0 Å². The summed E-state index contributed by atoms with van der Waals surface area (Å²) in [5.41, 5.74) is 2.61. The van der Waals surface area contributed by atoms with Crippen LogP contribution >= 0.6 is 34.8 Å². The Morgan fingerprint density at radius 3 is 1.56 bits per heavy atom. The Bertz CT molecular complexity index is 1250. The maximum absolute atomic E-state index is 13.0. The van der Waals surface area contributed by atoms with Gasteiger partial charge in [-0.05, 0) is 16.7 Å². The number of rotatable bonds is 11. The van der Waals surface area contributed by atoms with Crippen LogP contribution < -0.4 is 0 Å². The number of methoxy groups -OCH3 is 1. The van der Waals surface area contributed by atoms with Crippen LogP contribution in [0.15, 0.2) is 91.0 Å². The highest BCUT2D eigenvalue weighted by Crippen LogP contribution is 2.34. The Morgan fingerprint density at radius 1 is 0.732 bits per heavy atom. The van der Waals surface area contributed by atoms with Gasteiger partial charge in [0, 0.05) is 0 Å². The fourth-order valence-corrected chi connectivity index (χ4v) is 4.38. The lowest BCUT2D eigenvalue weighted by atomic mass is 9.97. The third kappa shape index (κ3) is 8.90. The van der Waals surface area contributed by atoms with E-state index in [0.29, 0.717) is 0 Å². The highest BCUT2D eigenvalue weighted by Gasteiger charge is 2.53. The number of carbonyl (C=O) groups is 1. The Balaban J connectivity index is 1.70. The van der Waals surface area contributed by atoms with Crippen molar-refractivity contribution < 1.29 is 33.2 Å². The molecule has 1 unspecified atom stereocenters. The van der Waals surface area contributed by atoms with E-state index < -0.39 is 46.4 Å². The quantitative estimate of drug-likeness (QED) is 0.121. The molecule has 0 aliphatic carbocycles. The molecule has 5 atom stereocenters. The smallest absolute Gasteiger partial charge is 0.338 e. The van der Waals surface area contributed by atoms with Gasteiger partial charge in [-0.25, -0.2) is 4.79 Å². The molecule has 0 saturated carbocycles. The molecule has 1 heterocycles. The monoisotopic (exact) mass is 621 g/mol. The summed E-state index contributed by atoms with van der Waals surface area (Å²) in [6.07, 6.45) is -5.64. The zero-order valence-electron chi connectivity index (χ0n) is 22.2. The van der Waals surface area contributed by atoms with Crippen LogP contribution in [-0.2, 0) is 53.0 Å². The molecule has 8 nitrogen and oxygen atoms in total. The number of benzene rings is 3. The SMILES string of the molecule is COC(=O)[C@H]1OC(OC(=N)C(Cl)(Cl)Cl)[C@H](OCc2ccccc2)[C@@H](OCc2ccccc2)[C@@H]1OCc1ccccc1. The average molecular weight is 623 g/mol. The third-order valence-corrected chi connectivity index (χ3v) is 6.79. The van der Waals surface area contributed by atoms with Gasteiger partial charge >= 0.3 is 5.97 Å². The fourth-order valence-electron chi connectivity index (χ4n) is 4.24. The van der Waals surface area contributed by atoms with Gasteiger partial charge in [0.1, 0.15) is 18.3 Å². The van der Waals surface area contributed by atoms with Crippen molar-refractivity contribution >= 4 is 46.7 Å². The minimum atomic E-state index is -2.19. The molecule has 0 bridgehead atoms. The van der Waals surface area contributed by atoms with Crippen molar-refractivity contribution in [2.45, 2.75) is 54.3 Å². The number of nitrogens with one attached hydrogen (secondary N) is 1. The summed E-state index contributed by atoms with van der Waals surface area (Å²) in [5, 5.41) is 8.18. The van der Waals surface area contributed by atoms with Crippen molar-refractivity contribution in [2.24, 2.45) is 0 Å². The number of carbonyl (C=O) groups excluding carboxylic acids is 1. The van der Waals surface area contributed by atoms with Gasteiger partial charge in [0.25, 0.3) is 3.79 Å². The number of esters is 1. The first-order valence-electron chi connectivity index (χ1n) is 12.8. The Morgan fingerprint density at radius 2 is 1.15 bits per heavy atom. The zero-order chi connectivity index (χ0) is 29.2. The second kappa shape index (κ2) is 15.0. The fraction of sp³-hybridized carbons (Fsp3) is 0.333. The van der Waals surface area contributed by atoms with Gasteiger partial charge in [0.2, 0.25) is 12.2 Å². The summed E-state index contributed by atoms with van der Waals surface area (Å²) in [5.74, 6) is -1.44. The maximum Gasteiger partial charge on any atom is 0.338 e. The molecule has 3 aromatic carbocycles. The Hall–Kier alpha value is -2.69. The Labute approximate surface area is 253 Å². The van der Waals surface area contributed by atoms with Gasteiger partial charge in [0.05, 0.1) is 26.9 Å². The molecule has 0 radical (unpaired) electrons. The molecule has 0 amide bonds. The minimum absolute atomic E-state index is 0.134. The molecule has 1 N–H and O–H groups in total. The Kier molecular flexibility index (Phi) is 11.4. The molecule has 1 fully saturated rings. The molecule has 218 valence electrons. The van der Waals surface area contributed by atoms with E-state index in [1.807, 2.05) is 91.0 Å². The van der Waals surface area contributed by atoms with Crippen LogP contribution in [-0.4, -0.2) is 53.5 Å². The molecule has 3 aromatic rings. The van der Waals surface area contributed by atoms with Crippen LogP contribution in [0.1, 0.15) is 16.7 Å². The van der Waals surface area contributed by atoms with Gasteiger partial charge in [-0.1, -0.05) is 126 Å². The molecule has 0 spiro atoms. The number of hydrogen-bond donors (Lipinski definition) is 1. The van der Waals surface area contributed by atoms with Crippen molar-refractivity contribution in [3.63, 3.8) is 0 Å². The molecule has 1 aliphatic heterocycles. The molecular weight excluding hydrogens is 593 g/mol. The summed E-state index contributed by atoms with van der Waals surface area (Å²) in [6.45, 7) is 0.439. The second-order valence-electron chi connectivity index (χ2n) is 9.18. The van der Waals surface area contributed by atoms with E-state index in [9.17, 15) is 4.79 Å². The standard InChI is InChI=1S/C30H30Cl3NO7/c1-36-27(35)25-23(37-17-20-11-5-2-6-12-20)24(38-18-21-13-7-3-8-14-21)26(39-19-22-15-9-4-10-16-22)28(40-25)41-29(34)30(31,32)33/h2-16,23-26,28,34H,17-19H2,1H3/t23-,24-,25-,26+,28?/m0/s1. The van der Waals surface area contributed by atoms with Crippen molar-refractivity contribution in [1.82, 2.24) is 0 Å². The summed E-state index contributed by atoms with van der Waals surface area (Å²) in [6, 6.07) is 28.4. The average Bonchev–Trinajstić information content (AvgIpc) is 2.99. The van der Waals surface area contributed by atoms with Crippen molar-refractivity contribution in [1.29, 1.82) is 5.41 Å². The normalized spacial score (nSPS) is 22.6. The van der Waals surface area contributed by atoms with Crippen LogP contribution in [0.5, 0.6) is 0 Å². The van der Waals surface area contributed by atoms with Crippen molar-refractivity contribution in [3.05, 3.63) is 108 Å². The highest BCUT2D eigenvalue weighted by atomic mass is 35.6. The lowest BCUT2D eigenvalue weighted by Crippen LogP contribution is -2.63. The number of halogens is 3. The van der Waals surface area contributed by atoms with Crippen molar-refractivity contribution in [3.8, 4) is 0 Å². The molecule has 4 rings (SSSR count). The predicted molar refractivity (Wildman–Crippen MR) is 155 cm³/mol. The topological polar surface area (TPSA) is 96.3 Å². The van der Waals surface area contributed by atoms with E-state index in [0.717, 1.165) is 16.7 Å². The lowest BCUT2D eigenvalue weighted by molar-refractivity contribution is -0.305. The summed E-state index contributed by atoms with van der Waals surface area (Å²) >= 11 is 17.7. The van der Waals surface area contributed by atoms with E-state index in [-0.39, 0.29) is 19.8 Å². The maximum atomic E-state index is 13.0. The second-order valence-corrected chi connectivity index (χ2v) is 11.5. The van der Waals surface area contributed by atoms with E-state index in [1.165, 1.54) is 7.11 Å². The van der Waals surface area contributed by atoms with Gasteiger partial charge in [0.15, 0.2) is 6.10 Å². The number of ether oxygens (including phenoxy) is 6. The zero-order valence-corrected chi connectivity index (χ0v) is 24.4. The molecule has 11 heteroatoms. The van der Waals surface area contributed by atoms with Crippen LogP contribution in [0.3, 0.4) is 0 Å². The summed E-state index contributed by atoms with van der Waals surface area (Å²) < 4.78 is 33.6. The van der Waals surface area contributed by atoms with Crippen LogP contribution in [0, 0.1) is 5.41 Å². The first kappa shape index (κ1) is 31.3. The lowest BCUT2D eigenvalue weighted by Gasteiger charge is -2.44. The van der Waals surface area contributed by atoms with Gasteiger partial charge in [-0.15, -0.1) is 0 Å². The largest absolute Gasteiger partial charge is 0.467 e. The van der Waals surface area contributed by atoms with E-state index in [2.05, 4.69) is 0 Å². The predicted octanol–water partition coefficient (Wildman–Crippen LogP) is 6.00.